The summed E-state index contributed by atoms with van der Waals surface area (Å²) < 4.78 is 0. The molecule has 3 atom stereocenters. The van der Waals surface area contributed by atoms with Crippen LogP contribution in [0.1, 0.15) is 23.5 Å². The molecule has 0 radical (unpaired) electrons. The largest absolute Gasteiger partial charge is 0.384 e. The summed E-state index contributed by atoms with van der Waals surface area (Å²) in [5.41, 5.74) is 5.96. The summed E-state index contributed by atoms with van der Waals surface area (Å²) in [4.78, 5) is 7.03. The van der Waals surface area contributed by atoms with Crippen molar-refractivity contribution in [2.75, 3.05) is 31.2 Å². The highest BCUT2D eigenvalue weighted by Gasteiger charge is 2.39. The van der Waals surface area contributed by atoms with Crippen molar-refractivity contribution >= 4 is 23.0 Å². The van der Waals surface area contributed by atoms with Crippen LogP contribution in [0.3, 0.4) is 0 Å². The van der Waals surface area contributed by atoms with Crippen LogP contribution in [-0.2, 0) is 0 Å². The van der Waals surface area contributed by atoms with Gasteiger partial charge in [0.25, 0.3) is 0 Å². The molecule has 25 heavy (non-hydrogen) atoms. The van der Waals surface area contributed by atoms with E-state index >= 15 is 0 Å². The van der Waals surface area contributed by atoms with Crippen molar-refractivity contribution in [1.29, 1.82) is 0 Å². The molecule has 3 nitrogen and oxygen atoms in total. The Kier molecular flexibility index (Phi) is 3.83. The SMILES string of the molecule is CN1C[C@H](CSc2ccccn2)C=C2c3cccc4c3[C@@H](CN4)C[C@H]21. The summed E-state index contributed by atoms with van der Waals surface area (Å²) in [6.07, 6.45) is 5.69. The van der Waals surface area contributed by atoms with Crippen LogP contribution in [0.15, 0.2) is 53.7 Å². The van der Waals surface area contributed by atoms with Crippen molar-refractivity contribution in [1.82, 2.24) is 9.88 Å². The lowest BCUT2D eigenvalue weighted by atomic mass is 9.75. The van der Waals surface area contributed by atoms with Crippen LogP contribution in [0.25, 0.3) is 5.57 Å². The second kappa shape index (κ2) is 6.19. The van der Waals surface area contributed by atoms with Gasteiger partial charge in [-0.1, -0.05) is 24.3 Å². The molecule has 2 aliphatic heterocycles. The van der Waals surface area contributed by atoms with E-state index in [4.69, 9.17) is 0 Å². The summed E-state index contributed by atoms with van der Waals surface area (Å²) in [5, 5.41) is 4.73. The van der Waals surface area contributed by atoms with Crippen LogP contribution >= 0.6 is 11.8 Å². The molecule has 0 bridgehead atoms. The number of hydrogen-bond donors (Lipinski definition) is 1. The van der Waals surface area contributed by atoms with Crippen LogP contribution in [0.2, 0.25) is 0 Å². The minimum Gasteiger partial charge on any atom is -0.384 e. The van der Waals surface area contributed by atoms with Crippen molar-refractivity contribution in [2.24, 2.45) is 5.92 Å². The molecule has 1 aromatic heterocycles. The van der Waals surface area contributed by atoms with Gasteiger partial charge in [-0.25, -0.2) is 4.98 Å². The first-order chi connectivity index (χ1) is 12.3. The summed E-state index contributed by atoms with van der Waals surface area (Å²) in [7, 11) is 2.30. The number of nitrogens with zero attached hydrogens (tertiary/aromatic N) is 2. The number of fused-ring (bicyclic) bond motifs is 2. The van der Waals surface area contributed by atoms with E-state index in [2.05, 4.69) is 58.7 Å². The predicted molar refractivity (Wildman–Crippen MR) is 105 cm³/mol. The highest BCUT2D eigenvalue weighted by Crippen LogP contribution is 2.48. The Balaban J connectivity index is 1.45. The number of aromatic nitrogens is 1. The average Bonchev–Trinajstić information content (AvgIpc) is 3.06. The lowest BCUT2D eigenvalue weighted by Gasteiger charge is -2.42. The molecule has 1 aromatic carbocycles. The van der Waals surface area contributed by atoms with E-state index in [1.165, 1.54) is 17.7 Å². The van der Waals surface area contributed by atoms with Crippen molar-refractivity contribution in [2.45, 2.75) is 23.4 Å². The van der Waals surface area contributed by atoms with E-state index < -0.39 is 0 Å². The molecule has 0 saturated heterocycles. The van der Waals surface area contributed by atoms with Crippen LogP contribution in [0.4, 0.5) is 5.69 Å². The van der Waals surface area contributed by atoms with Gasteiger partial charge in [0.05, 0.1) is 5.03 Å². The molecule has 128 valence electrons. The zero-order chi connectivity index (χ0) is 16.8. The normalized spacial score (nSPS) is 27.2. The molecule has 0 unspecified atom stereocenters. The van der Waals surface area contributed by atoms with Gasteiger partial charge < -0.3 is 5.32 Å². The van der Waals surface area contributed by atoms with Gasteiger partial charge in [0, 0.05) is 42.7 Å². The number of nitrogens with one attached hydrogen (secondary N) is 1. The standard InChI is InChI=1S/C21H23N3S/c1-24-12-14(13-25-20-7-2-3-8-22-20)9-17-16-5-4-6-18-21(16)15(11-23-18)10-19(17)24/h2-9,14-15,19,23H,10-13H2,1H3/t14-,15-,19-/m1/s1. The smallest absolute Gasteiger partial charge is 0.0960 e. The average molecular weight is 350 g/mol. The zero-order valence-electron chi connectivity index (χ0n) is 14.5. The fraction of sp³-hybridized carbons (Fsp3) is 0.381. The minimum absolute atomic E-state index is 0.573. The molecule has 0 spiro atoms. The predicted octanol–water partition coefficient (Wildman–Crippen LogP) is 4.10. The molecule has 3 aliphatic rings. The first-order valence-corrected chi connectivity index (χ1v) is 10.1. The molecule has 0 amide bonds. The molecule has 3 heterocycles. The Hall–Kier alpha value is -1.78. The van der Waals surface area contributed by atoms with E-state index in [1.54, 1.807) is 11.1 Å². The lowest BCUT2D eigenvalue weighted by Crippen LogP contribution is -2.43. The molecule has 5 rings (SSSR count). The van der Waals surface area contributed by atoms with Gasteiger partial charge in [0.2, 0.25) is 0 Å². The fourth-order valence-electron chi connectivity index (χ4n) is 4.67. The number of thioether (sulfide) groups is 1. The summed E-state index contributed by atoms with van der Waals surface area (Å²) >= 11 is 1.87. The minimum atomic E-state index is 0.573. The summed E-state index contributed by atoms with van der Waals surface area (Å²) in [6.45, 7) is 2.24. The van der Waals surface area contributed by atoms with E-state index in [0.717, 1.165) is 23.9 Å². The first kappa shape index (κ1) is 15.5. The highest BCUT2D eigenvalue weighted by atomic mass is 32.2. The van der Waals surface area contributed by atoms with E-state index in [1.807, 2.05) is 24.0 Å². The third-order valence-electron chi connectivity index (χ3n) is 5.78. The van der Waals surface area contributed by atoms with Gasteiger partial charge in [-0.2, -0.15) is 0 Å². The number of anilines is 1. The van der Waals surface area contributed by atoms with E-state index in [-0.39, 0.29) is 0 Å². The number of hydrogen-bond acceptors (Lipinski definition) is 4. The third-order valence-corrected chi connectivity index (χ3v) is 6.92. The number of pyridine rings is 1. The van der Waals surface area contributed by atoms with Crippen molar-refractivity contribution in [3.05, 3.63) is 59.8 Å². The number of benzene rings is 1. The quantitative estimate of drug-likeness (QED) is 0.845. The Labute approximate surface area is 153 Å². The van der Waals surface area contributed by atoms with Crippen LogP contribution in [-0.4, -0.2) is 41.8 Å². The van der Waals surface area contributed by atoms with Crippen LogP contribution in [0, 0.1) is 5.92 Å². The number of rotatable bonds is 3. The molecular formula is C21H23N3S. The van der Waals surface area contributed by atoms with E-state index in [0.29, 0.717) is 17.9 Å². The van der Waals surface area contributed by atoms with Gasteiger partial charge in [-0.15, -0.1) is 11.8 Å². The molecule has 0 fully saturated rings. The highest BCUT2D eigenvalue weighted by molar-refractivity contribution is 7.99. The Morgan fingerprint density at radius 2 is 2.20 bits per heavy atom. The molecular weight excluding hydrogens is 326 g/mol. The van der Waals surface area contributed by atoms with Gasteiger partial charge in [0.1, 0.15) is 0 Å². The molecule has 4 heteroatoms. The van der Waals surface area contributed by atoms with Gasteiger partial charge in [-0.05, 0) is 54.3 Å². The van der Waals surface area contributed by atoms with E-state index in [9.17, 15) is 0 Å². The van der Waals surface area contributed by atoms with Gasteiger partial charge in [0.15, 0.2) is 0 Å². The van der Waals surface area contributed by atoms with Gasteiger partial charge >= 0.3 is 0 Å². The molecule has 0 saturated carbocycles. The molecule has 1 aliphatic carbocycles. The Bertz CT molecular complexity index is 817. The Morgan fingerprint density at radius 1 is 1.24 bits per heavy atom. The maximum Gasteiger partial charge on any atom is 0.0960 e. The lowest BCUT2D eigenvalue weighted by molar-refractivity contribution is 0.234. The molecule has 2 aromatic rings. The maximum atomic E-state index is 4.45. The maximum absolute atomic E-state index is 4.45. The monoisotopic (exact) mass is 349 g/mol. The van der Waals surface area contributed by atoms with Crippen molar-refractivity contribution in [3.8, 4) is 0 Å². The number of likely N-dealkylation sites (N-methyl/N-ethyl adjacent to an activating group) is 1. The second-order valence-electron chi connectivity index (χ2n) is 7.40. The Morgan fingerprint density at radius 3 is 3.08 bits per heavy atom. The topological polar surface area (TPSA) is 28.2 Å². The van der Waals surface area contributed by atoms with Crippen LogP contribution in [0.5, 0.6) is 0 Å². The van der Waals surface area contributed by atoms with Crippen molar-refractivity contribution in [3.63, 3.8) is 0 Å². The van der Waals surface area contributed by atoms with Crippen LogP contribution < -0.4 is 5.32 Å². The zero-order valence-corrected chi connectivity index (χ0v) is 15.3. The summed E-state index contributed by atoms with van der Waals surface area (Å²) in [5.74, 6) is 2.34. The molecule has 1 N–H and O–H groups in total. The van der Waals surface area contributed by atoms with Crippen molar-refractivity contribution < 1.29 is 0 Å². The second-order valence-corrected chi connectivity index (χ2v) is 8.44. The van der Waals surface area contributed by atoms with Gasteiger partial charge in [-0.3, -0.25) is 4.90 Å². The fourth-order valence-corrected chi connectivity index (χ4v) is 5.57. The summed E-state index contributed by atoms with van der Waals surface area (Å²) in [6, 6.07) is 13.5. The first-order valence-electron chi connectivity index (χ1n) is 9.12. The third kappa shape index (κ3) is 2.68.